The van der Waals surface area contributed by atoms with Crippen molar-refractivity contribution in [2.75, 3.05) is 0 Å². The van der Waals surface area contributed by atoms with Gasteiger partial charge < -0.3 is 9.84 Å². The van der Waals surface area contributed by atoms with Crippen LogP contribution >= 0.6 is 0 Å². The Morgan fingerprint density at radius 2 is 1.59 bits per heavy atom. The third-order valence-corrected chi connectivity index (χ3v) is 3.23. The van der Waals surface area contributed by atoms with Gasteiger partial charge in [0, 0.05) is 5.56 Å². The number of para-hydroxylation sites is 1. The standard InChI is InChI=1S/C15H24O2/c1-11(2)17-13-10-8-7-9-12(13)15(6,16)14(3,4)5/h7-11,16H,1-6H3. The highest BCUT2D eigenvalue weighted by Crippen LogP contribution is 2.42. The average Bonchev–Trinajstić information content (AvgIpc) is 2.15. The Kier molecular flexibility index (Phi) is 3.88. The Hall–Kier alpha value is -1.02. The molecular weight excluding hydrogens is 212 g/mol. The van der Waals surface area contributed by atoms with Gasteiger partial charge in [-0.2, -0.15) is 0 Å². The molecule has 0 spiro atoms. The lowest BCUT2D eigenvalue weighted by Crippen LogP contribution is -2.37. The summed E-state index contributed by atoms with van der Waals surface area (Å²) in [5, 5.41) is 10.7. The number of hydrogen-bond acceptors (Lipinski definition) is 2. The maximum absolute atomic E-state index is 10.7. The molecule has 0 amide bonds. The Balaban J connectivity index is 3.22. The van der Waals surface area contributed by atoms with E-state index < -0.39 is 5.60 Å². The smallest absolute Gasteiger partial charge is 0.125 e. The lowest BCUT2D eigenvalue weighted by atomic mass is 9.73. The molecular formula is C15H24O2. The van der Waals surface area contributed by atoms with Crippen LogP contribution in [0.4, 0.5) is 0 Å². The first-order valence-electron chi connectivity index (χ1n) is 6.15. The number of benzene rings is 1. The summed E-state index contributed by atoms with van der Waals surface area (Å²) in [5.41, 5.74) is -0.316. The summed E-state index contributed by atoms with van der Waals surface area (Å²) >= 11 is 0. The Bertz CT molecular complexity index is 373. The number of rotatable bonds is 3. The first kappa shape index (κ1) is 14.0. The highest BCUT2D eigenvalue weighted by molar-refractivity contribution is 5.38. The van der Waals surface area contributed by atoms with E-state index in [1.807, 2.05) is 65.8 Å². The van der Waals surface area contributed by atoms with Crippen molar-refractivity contribution in [3.63, 3.8) is 0 Å². The fourth-order valence-electron chi connectivity index (χ4n) is 1.63. The minimum absolute atomic E-state index is 0.104. The molecule has 0 aliphatic rings. The molecule has 0 aromatic heterocycles. The zero-order valence-electron chi connectivity index (χ0n) is 11.7. The second kappa shape index (κ2) is 4.69. The zero-order chi connectivity index (χ0) is 13.3. The van der Waals surface area contributed by atoms with E-state index in [0.717, 1.165) is 11.3 Å². The number of hydrogen-bond donors (Lipinski definition) is 1. The molecule has 1 aromatic carbocycles. The molecule has 1 rings (SSSR count). The first-order chi connectivity index (χ1) is 7.66. The maximum Gasteiger partial charge on any atom is 0.125 e. The highest BCUT2D eigenvalue weighted by atomic mass is 16.5. The summed E-state index contributed by atoms with van der Waals surface area (Å²) in [7, 11) is 0. The van der Waals surface area contributed by atoms with E-state index in [2.05, 4.69) is 0 Å². The van der Waals surface area contributed by atoms with Crippen LogP contribution in [0.2, 0.25) is 0 Å². The molecule has 2 heteroatoms. The van der Waals surface area contributed by atoms with Crippen LogP contribution in [0.3, 0.4) is 0 Å². The Morgan fingerprint density at radius 3 is 2.06 bits per heavy atom. The van der Waals surface area contributed by atoms with Crippen molar-refractivity contribution in [1.29, 1.82) is 0 Å². The predicted octanol–water partition coefficient (Wildman–Crippen LogP) is 3.73. The molecule has 0 saturated carbocycles. The molecule has 1 atom stereocenters. The van der Waals surface area contributed by atoms with Crippen LogP contribution in [0.25, 0.3) is 0 Å². The van der Waals surface area contributed by atoms with Gasteiger partial charge in [0.25, 0.3) is 0 Å². The lowest BCUT2D eigenvalue weighted by molar-refractivity contribution is -0.0493. The van der Waals surface area contributed by atoms with E-state index in [1.54, 1.807) is 0 Å². The zero-order valence-corrected chi connectivity index (χ0v) is 11.7. The van der Waals surface area contributed by atoms with E-state index >= 15 is 0 Å². The molecule has 1 N–H and O–H groups in total. The second-order valence-corrected chi connectivity index (χ2v) is 5.98. The monoisotopic (exact) mass is 236 g/mol. The normalized spacial score (nSPS) is 15.8. The van der Waals surface area contributed by atoms with Crippen molar-refractivity contribution < 1.29 is 9.84 Å². The Morgan fingerprint density at radius 1 is 1.06 bits per heavy atom. The van der Waals surface area contributed by atoms with Gasteiger partial charge >= 0.3 is 0 Å². The SMILES string of the molecule is CC(C)Oc1ccccc1C(C)(O)C(C)(C)C. The molecule has 0 heterocycles. The summed E-state index contributed by atoms with van der Waals surface area (Å²) in [4.78, 5) is 0. The van der Waals surface area contributed by atoms with Crippen molar-refractivity contribution in [3.05, 3.63) is 29.8 Å². The topological polar surface area (TPSA) is 29.5 Å². The predicted molar refractivity (Wildman–Crippen MR) is 71.2 cm³/mol. The van der Waals surface area contributed by atoms with Gasteiger partial charge in [-0.15, -0.1) is 0 Å². The van der Waals surface area contributed by atoms with Crippen LogP contribution in [0.1, 0.15) is 47.1 Å². The molecule has 0 fully saturated rings. The third kappa shape index (κ3) is 3.01. The summed E-state index contributed by atoms with van der Waals surface area (Å²) < 4.78 is 5.77. The van der Waals surface area contributed by atoms with Gasteiger partial charge in [0.15, 0.2) is 0 Å². The van der Waals surface area contributed by atoms with Gasteiger partial charge in [-0.05, 0) is 32.3 Å². The van der Waals surface area contributed by atoms with Crippen molar-refractivity contribution in [1.82, 2.24) is 0 Å². The van der Waals surface area contributed by atoms with E-state index in [9.17, 15) is 5.11 Å². The van der Waals surface area contributed by atoms with Crippen LogP contribution in [0, 0.1) is 5.41 Å². The summed E-state index contributed by atoms with van der Waals surface area (Å²) in [6, 6.07) is 7.71. The Labute approximate surface area is 105 Å². The second-order valence-electron chi connectivity index (χ2n) is 5.98. The van der Waals surface area contributed by atoms with E-state index in [0.29, 0.717) is 0 Å². The number of ether oxygens (including phenoxy) is 1. The van der Waals surface area contributed by atoms with Crippen molar-refractivity contribution >= 4 is 0 Å². The molecule has 96 valence electrons. The van der Waals surface area contributed by atoms with Crippen LogP contribution in [-0.2, 0) is 5.60 Å². The van der Waals surface area contributed by atoms with Gasteiger partial charge in [0.1, 0.15) is 5.75 Å². The molecule has 2 nitrogen and oxygen atoms in total. The van der Waals surface area contributed by atoms with Gasteiger partial charge in [-0.1, -0.05) is 39.0 Å². The molecule has 0 bridgehead atoms. The lowest BCUT2D eigenvalue weighted by Gasteiger charge is -2.38. The first-order valence-corrected chi connectivity index (χ1v) is 6.15. The van der Waals surface area contributed by atoms with Gasteiger partial charge in [0.05, 0.1) is 11.7 Å². The number of aliphatic hydroxyl groups is 1. The third-order valence-electron chi connectivity index (χ3n) is 3.23. The minimum atomic E-state index is -0.918. The fraction of sp³-hybridized carbons (Fsp3) is 0.600. The van der Waals surface area contributed by atoms with Crippen LogP contribution in [0.5, 0.6) is 5.75 Å². The van der Waals surface area contributed by atoms with E-state index in [1.165, 1.54) is 0 Å². The highest BCUT2D eigenvalue weighted by Gasteiger charge is 2.39. The molecule has 17 heavy (non-hydrogen) atoms. The molecule has 1 unspecified atom stereocenters. The van der Waals surface area contributed by atoms with Crippen molar-refractivity contribution in [3.8, 4) is 5.75 Å². The summed E-state index contributed by atoms with van der Waals surface area (Å²) in [6.07, 6.45) is 0.104. The fourth-order valence-corrected chi connectivity index (χ4v) is 1.63. The van der Waals surface area contributed by atoms with Gasteiger partial charge in [0.2, 0.25) is 0 Å². The van der Waals surface area contributed by atoms with E-state index in [-0.39, 0.29) is 11.5 Å². The molecule has 0 radical (unpaired) electrons. The summed E-state index contributed by atoms with van der Waals surface area (Å²) in [6.45, 7) is 11.9. The molecule has 0 saturated heterocycles. The minimum Gasteiger partial charge on any atom is -0.491 e. The van der Waals surface area contributed by atoms with Crippen molar-refractivity contribution in [2.45, 2.75) is 53.2 Å². The van der Waals surface area contributed by atoms with Gasteiger partial charge in [-0.25, -0.2) is 0 Å². The maximum atomic E-state index is 10.7. The van der Waals surface area contributed by atoms with Crippen molar-refractivity contribution in [2.24, 2.45) is 5.41 Å². The van der Waals surface area contributed by atoms with Crippen LogP contribution < -0.4 is 4.74 Å². The quantitative estimate of drug-likeness (QED) is 0.866. The molecule has 0 aliphatic carbocycles. The van der Waals surface area contributed by atoms with Crippen LogP contribution in [-0.4, -0.2) is 11.2 Å². The largest absolute Gasteiger partial charge is 0.491 e. The average molecular weight is 236 g/mol. The molecule has 1 aromatic rings. The van der Waals surface area contributed by atoms with Gasteiger partial charge in [-0.3, -0.25) is 0 Å². The van der Waals surface area contributed by atoms with Crippen LogP contribution in [0.15, 0.2) is 24.3 Å². The summed E-state index contributed by atoms with van der Waals surface area (Å²) in [5.74, 6) is 0.766. The molecule has 0 aliphatic heterocycles. The van der Waals surface area contributed by atoms with E-state index in [4.69, 9.17) is 4.74 Å².